The molecule has 1 aromatic carbocycles. The molecule has 0 saturated heterocycles. The zero-order chi connectivity index (χ0) is 12.4. The average molecular weight is 244 g/mol. The van der Waals surface area contributed by atoms with Crippen molar-refractivity contribution < 1.29 is 4.74 Å². The summed E-state index contributed by atoms with van der Waals surface area (Å²) in [5.74, 6) is 1.85. The van der Waals surface area contributed by atoms with Crippen molar-refractivity contribution in [3.8, 4) is 5.75 Å². The van der Waals surface area contributed by atoms with E-state index in [-0.39, 0.29) is 6.04 Å². The molecule has 0 radical (unpaired) electrons. The van der Waals surface area contributed by atoms with E-state index in [1.165, 1.54) is 17.5 Å². The Balaban J connectivity index is 1.95. The van der Waals surface area contributed by atoms with Crippen molar-refractivity contribution >= 4 is 0 Å². The van der Waals surface area contributed by atoms with Crippen LogP contribution < -0.4 is 10.1 Å². The van der Waals surface area contributed by atoms with Gasteiger partial charge >= 0.3 is 0 Å². The second-order valence-electron chi connectivity index (χ2n) is 4.33. The van der Waals surface area contributed by atoms with Gasteiger partial charge in [-0.3, -0.25) is 5.10 Å². The molecule has 0 amide bonds. The number of ether oxygens (including phenoxy) is 1. The van der Waals surface area contributed by atoms with Gasteiger partial charge in [0.15, 0.2) is 0 Å². The highest BCUT2D eigenvalue weighted by molar-refractivity contribution is 5.41. The van der Waals surface area contributed by atoms with Gasteiger partial charge in [0.1, 0.15) is 17.9 Å². The minimum atomic E-state index is 0.0587. The van der Waals surface area contributed by atoms with E-state index in [0.29, 0.717) is 0 Å². The summed E-state index contributed by atoms with van der Waals surface area (Å²) in [5, 5.41) is 10.3. The molecule has 94 valence electrons. The van der Waals surface area contributed by atoms with E-state index in [1.54, 1.807) is 0 Å². The van der Waals surface area contributed by atoms with Gasteiger partial charge in [0.25, 0.3) is 0 Å². The van der Waals surface area contributed by atoms with Crippen LogP contribution in [0.25, 0.3) is 0 Å². The van der Waals surface area contributed by atoms with Gasteiger partial charge < -0.3 is 10.1 Å². The molecule has 5 nitrogen and oxygen atoms in total. The fraction of sp³-hybridized carbons (Fsp3) is 0.385. The van der Waals surface area contributed by atoms with E-state index in [0.717, 1.165) is 31.1 Å². The third kappa shape index (κ3) is 1.97. The van der Waals surface area contributed by atoms with Crippen molar-refractivity contribution in [2.24, 2.45) is 0 Å². The molecule has 3 rings (SSSR count). The molecule has 2 N–H and O–H groups in total. The molecule has 1 aliphatic rings. The molecule has 1 aliphatic heterocycles. The number of rotatable bonds is 4. The molecule has 0 aliphatic carbocycles. The van der Waals surface area contributed by atoms with Crippen molar-refractivity contribution in [3.05, 3.63) is 41.5 Å². The first kappa shape index (κ1) is 11.2. The average Bonchev–Trinajstić information content (AvgIpc) is 3.05. The Kier molecular flexibility index (Phi) is 2.98. The predicted octanol–water partition coefficient (Wildman–Crippen LogP) is 1.44. The van der Waals surface area contributed by atoms with Gasteiger partial charge in [-0.2, -0.15) is 5.10 Å². The first-order valence-electron chi connectivity index (χ1n) is 6.22. The second-order valence-corrected chi connectivity index (χ2v) is 4.33. The van der Waals surface area contributed by atoms with Crippen molar-refractivity contribution in [1.29, 1.82) is 0 Å². The highest BCUT2D eigenvalue weighted by Crippen LogP contribution is 2.29. The minimum absolute atomic E-state index is 0.0587. The van der Waals surface area contributed by atoms with Crippen LogP contribution >= 0.6 is 0 Å². The highest BCUT2D eigenvalue weighted by Gasteiger charge is 2.19. The standard InChI is InChI=1S/C13H16N4O/c1-2-14-12(13-15-8-16-17-13)10-3-4-11-9(7-10)5-6-18-11/h3-4,7-8,12,14H,2,5-6H2,1H3,(H,15,16,17). The van der Waals surface area contributed by atoms with Crippen LogP contribution in [-0.2, 0) is 6.42 Å². The highest BCUT2D eigenvalue weighted by atomic mass is 16.5. The Bertz CT molecular complexity index is 524. The maximum atomic E-state index is 5.53. The number of fused-ring (bicyclic) bond motifs is 1. The van der Waals surface area contributed by atoms with Crippen LogP contribution in [0.15, 0.2) is 24.5 Å². The Morgan fingerprint density at radius 1 is 1.50 bits per heavy atom. The monoisotopic (exact) mass is 244 g/mol. The van der Waals surface area contributed by atoms with Crippen LogP contribution in [0.5, 0.6) is 5.75 Å². The van der Waals surface area contributed by atoms with Crippen molar-refractivity contribution in [1.82, 2.24) is 20.5 Å². The minimum Gasteiger partial charge on any atom is -0.493 e. The summed E-state index contributed by atoms with van der Waals surface area (Å²) in [6.07, 6.45) is 2.52. The van der Waals surface area contributed by atoms with Crippen LogP contribution in [-0.4, -0.2) is 28.3 Å². The molecule has 2 aromatic rings. The molecular formula is C13H16N4O. The van der Waals surface area contributed by atoms with Gasteiger partial charge in [-0.1, -0.05) is 13.0 Å². The maximum Gasteiger partial charge on any atom is 0.145 e. The molecule has 0 saturated carbocycles. The first-order chi connectivity index (χ1) is 8.88. The molecule has 2 heterocycles. The van der Waals surface area contributed by atoms with Gasteiger partial charge in [-0.15, -0.1) is 0 Å². The zero-order valence-corrected chi connectivity index (χ0v) is 10.3. The Labute approximate surface area is 106 Å². The number of aromatic nitrogens is 3. The number of H-pyrrole nitrogens is 1. The number of hydrogen-bond donors (Lipinski definition) is 2. The smallest absolute Gasteiger partial charge is 0.145 e. The summed E-state index contributed by atoms with van der Waals surface area (Å²) in [6, 6.07) is 6.37. The molecule has 1 atom stereocenters. The van der Waals surface area contributed by atoms with Gasteiger partial charge in [0, 0.05) is 6.42 Å². The van der Waals surface area contributed by atoms with E-state index in [4.69, 9.17) is 4.74 Å². The number of benzene rings is 1. The van der Waals surface area contributed by atoms with Crippen molar-refractivity contribution in [3.63, 3.8) is 0 Å². The van der Waals surface area contributed by atoms with Crippen LogP contribution in [0, 0.1) is 0 Å². The van der Waals surface area contributed by atoms with Gasteiger partial charge in [0.2, 0.25) is 0 Å². The van der Waals surface area contributed by atoms with E-state index >= 15 is 0 Å². The van der Waals surface area contributed by atoms with Gasteiger partial charge in [-0.25, -0.2) is 4.98 Å². The topological polar surface area (TPSA) is 62.8 Å². The Hall–Kier alpha value is -1.88. The third-order valence-electron chi connectivity index (χ3n) is 3.16. The Morgan fingerprint density at radius 2 is 2.44 bits per heavy atom. The lowest BCUT2D eigenvalue weighted by molar-refractivity contribution is 0.357. The lowest BCUT2D eigenvalue weighted by Crippen LogP contribution is -2.23. The summed E-state index contributed by atoms with van der Waals surface area (Å²) < 4.78 is 5.53. The molecule has 1 aromatic heterocycles. The summed E-state index contributed by atoms with van der Waals surface area (Å²) in [5.41, 5.74) is 2.47. The molecule has 18 heavy (non-hydrogen) atoms. The Morgan fingerprint density at radius 3 is 3.22 bits per heavy atom. The normalized spacial score (nSPS) is 15.2. The van der Waals surface area contributed by atoms with Gasteiger partial charge in [0.05, 0.1) is 12.6 Å². The summed E-state index contributed by atoms with van der Waals surface area (Å²) in [6.45, 7) is 3.74. The summed E-state index contributed by atoms with van der Waals surface area (Å²) >= 11 is 0. The van der Waals surface area contributed by atoms with Crippen LogP contribution in [0.4, 0.5) is 0 Å². The van der Waals surface area contributed by atoms with Crippen LogP contribution in [0.2, 0.25) is 0 Å². The third-order valence-corrected chi connectivity index (χ3v) is 3.16. The fourth-order valence-electron chi connectivity index (χ4n) is 2.32. The lowest BCUT2D eigenvalue weighted by Gasteiger charge is -2.16. The lowest BCUT2D eigenvalue weighted by atomic mass is 10.0. The summed E-state index contributed by atoms with van der Waals surface area (Å²) in [7, 11) is 0. The molecule has 0 spiro atoms. The van der Waals surface area contributed by atoms with E-state index < -0.39 is 0 Å². The van der Waals surface area contributed by atoms with Crippen molar-refractivity contribution in [2.45, 2.75) is 19.4 Å². The number of hydrogen-bond acceptors (Lipinski definition) is 4. The molecular weight excluding hydrogens is 228 g/mol. The molecule has 0 bridgehead atoms. The van der Waals surface area contributed by atoms with E-state index in [2.05, 4.69) is 39.6 Å². The van der Waals surface area contributed by atoms with Crippen LogP contribution in [0.1, 0.15) is 29.9 Å². The number of nitrogens with one attached hydrogen (secondary N) is 2. The quantitative estimate of drug-likeness (QED) is 0.854. The number of aromatic amines is 1. The molecule has 5 heteroatoms. The van der Waals surface area contributed by atoms with E-state index in [9.17, 15) is 0 Å². The largest absolute Gasteiger partial charge is 0.493 e. The molecule has 0 fully saturated rings. The zero-order valence-electron chi connectivity index (χ0n) is 10.3. The predicted molar refractivity (Wildman–Crippen MR) is 67.5 cm³/mol. The second kappa shape index (κ2) is 4.78. The number of nitrogens with zero attached hydrogens (tertiary/aromatic N) is 2. The van der Waals surface area contributed by atoms with Gasteiger partial charge in [-0.05, 0) is 29.8 Å². The molecule has 1 unspecified atom stereocenters. The SMILES string of the molecule is CCNC(c1ccc2c(c1)CCO2)c1ncn[nH]1. The van der Waals surface area contributed by atoms with Crippen LogP contribution in [0.3, 0.4) is 0 Å². The van der Waals surface area contributed by atoms with E-state index in [1.807, 2.05) is 6.07 Å². The summed E-state index contributed by atoms with van der Waals surface area (Å²) in [4.78, 5) is 4.24. The van der Waals surface area contributed by atoms with Crippen molar-refractivity contribution in [2.75, 3.05) is 13.2 Å². The first-order valence-corrected chi connectivity index (χ1v) is 6.22. The fourth-order valence-corrected chi connectivity index (χ4v) is 2.32. The maximum absolute atomic E-state index is 5.53.